The van der Waals surface area contributed by atoms with E-state index in [4.69, 9.17) is 27.4 Å². The van der Waals surface area contributed by atoms with Gasteiger partial charge in [0.25, 0.3) is 5.91 Å². The van der Waals surface area contributed by atoms with Crippen LogP contribution in [-0.2, 0) is 4.79 Å². The van der Waals surface area contributed by atoms with Crippen LogP contribution >= 0.6 is 12.2 Å². The Morgan fingerprint density at radius 3 is 2.85 bits per heavy atom. The fourth-order valence-electron chi connectivity index (χ4n) is 1.98. The number of nitrogens with two attached hydrogens (primary N) is 1. The van der Waals surface area contributed by atoms with E-state index in [1.807, 2.05) is 25.1 Å². The average Bonchev–Trinajstić information content (AvgIpc) is 2.45. The first-order chi connectivity index (χ1) is 9.60. The van der Waals surface area contributed by atoms with Crippen molar-refractivity contribution in [3.8, 4) is 11.5 Å². The molecule has 1 amide bonds. The minimum atomic E-state index is -0.648. The molecule has 0 aromatic heterocycles. The standard InChI is InChI=1S/C14H18N2O3S/c1-2-9(7-13(15)20)16-14(17)12-8-18-10-5-3-4-6-11(10)19-12/h3-6,9,12H,2,7-8H2,1H3,(H2,15,20)(H,16,17). The topological polar surface area (TPSA) is 73.6 Å². The number of hydrogen-bond acceptors (Lipinski definition) is 4. The Hall–Kier alpha value is -1.82. The molecule has 2 atom stereocenters. The van der Waals surface area contributed by atoms with Crippen molar-refractivity contribution in [2.24, 2.45) is 5.73 Å². The summed E-state index contributed by atoms with van der Waals surface area (Å²) in [6.07, 6.45) is 0.597. The maximum absolute atomic E-state index is 12.2. The van der Waals surface area contributed by atoms with Gasteiger partial charge in [-0.05, 0) is 18.6 Å². The molecule has 0 saturated carbocycles. The monoisotopic (exact) mass is 294 g/mol. The Labute approximate surface area is 123 Å². The largest absolute Gasteiger partial charge is 0.485 e. The Morgan fingerprint density at radius 2 is 2.20 bits per heavy atom. The van der Waals surface area contributed by atoms with Gasteiger partial charge in [-0.2, -0.15) is 0 Å². The molecular weight excluding hydrogens is 276 g/mol. The molecule has 1 aliphatic heterocycles. The van der Waals surface area contributed by atoms with Gasteiger partial charge in [-0.1, -0.05) is 31.3 Å². The highest BCUT2D eigenvalue weighted by Crippen LogP contribution is 2.30. The molecule has 2 rings (SSSR count). The number of carbonyl (C=O) groups excluding carboxylic acids is 1. The molecule has 0 aliphatic carbocycles. The van der Waals surface area contributed by atoms with E-state index in [0.29, 0.717) is 22.9 Å². The van der Waals surface area contributed by atoms with Crippen LogP contribution in [0.5, 0.6) is 11.5 Å². The number of nitrogens with one attached hydrogen (secondary N) is 1. The first kappa shape index (κ1) is 14.6. The van der Waals surface area contributed by atoms with Crippen LogP contribution in [0.25, 0.3) is 0 Å². The van der Waals surface area contributed by atoms with E-state index in [2.05, 4.69) is 5.32 Å². The zero-order chi connectivity index (χ0) is 14.5. The highest BCUT2D eigenvalue weighted by Gasteiger charge is 2.28. The molecule has 1 aromatic carbocycles. The van der Waals surface area contributed by atoms with E-state index < -0.39 is 6.10 Å². The molecular formula is C14H18N2O3S. The molecule has 1 heterocycles. The van der Waals surface area contributed by atoms with Crippen LogP contribution < -0.4 is 20.5 Å². The van der Waals surface area contributed by atoms with Gasteiger partial charge in [0.05, 0.1) is 4.99 Å². The molecule has 0 spiro atoms. The molecule has 5 nitrogen and oxygen atoms in total. The second kappa shape index (κ2) is 6.56. The van der Waals surface area contributed by atoms with Crippen molar-refractivity contribution >= 4 is 23.1 Å². The second-order valence-corrected chi connectivity index (χ2v) is 5.17. The Bertz CT molecular complexity index is 507. The number of benzene rings is 1. The predicted molar refractivity (Wildman–Crippen MR) is 80.0 cm³/mol. The zero-order valence-corrected chi connectivity index (χ0v) is 12.1. The Balaban J connectivity index is 1.95. The van der Waals surface area contributed by atoms with Crippen LogP contribution in [0.1, 0.15) is 19.8 Å². The lowest BCUT2D eigenvalue weighted by Crippen LogP contribution is -2.48. The predicted octanol–water partition coefficient (Wildman–Crippen LogP) is 1.40. The normalized spacial score (nSPS) is 18.1. The number of amides is 1. The summed E-state index contributed by atoms with van der Waals surface area (Å²) in [7, 11) is 0. The van der Waals surface area contributed by atoms with Crippen molar-refractivity contribution < 1.29 is 14.3 Å². The van der Waals surface area contributed by atoms with Crippen LogP contribution in [0.4, 0.5) is 0 Å². The molecule has 6 heteroatoms. The summed E-state index contributed by atoms with van der Waals surface area (Å²) in [4.78, 5) is 12.6. The molecule has 0 fully saturated rings. The van der Waals surface area contributed by atoms with Crippen LogP contribution in [0.15, 0.2) is 24.3 Å². The first-order valence-electron chi connectivity index (χ1n) is 6.57. The third-order valence-corrected chi connectivity index (χ3v) is 3.25. The maximum atomic E-state index is 12.2. The Kier molecular flexibility index (Phi) is 4.79. The van der Waals surface area contributed by atoms with E-state index in [-0.39, 0.29) is 18.6 Å². The van der Waals surface area contributed by atoms with Crippen molar-refractivity contribution in [2.75, 3.05) is 6.61 Å². The third-order valence-electron chi connectivity index (χ3n) is 3.09. The lowest BCUT2D eigenvalue weighted by atomic mass is 10.1. The Morgan fingerprint density at radius 1 is 1.50 bits per heavy atom. The van der Waals surface area contributed by atoms with Crippen molar-refractivity contribution in [2.45, 2.75) is 31.9 Å². The van der Waals surface area contributed by atoms with Crippen molar-refractivity contribution in [1.82, 2.24) is 5.32 Å². The van der Waals surface area contributed by atoms with Crippen LogP contribution in [0.3, 0.4) is 0 Å². The molecule has 0 bridgehead atoms. The molecule has 1 aliphatic rings. The van der Waals surface area contributed by atoms with E-state index >= 15 is 0 Å². The van der Waals surface area contributed by atoms with E-state index in [0.717, 1.165) is 6.42 Å². The fourth-order valence-corrected chi connectivity index (χ4v) is 2.18. The molecule has 0 radical (unpaired) electrons. The van der Waals surface area contributed by atoms with E-state index in [1.165, 1.54) is 0 Å². The van der Waals surface area contributed by atoms with Gasteiger partial charge >= 0.3 is 0 Å². The highest BCUT2D eigenvalue weighted by molar-refractivity contribution is 7.80. The van der Waals surface area contributed by atoms with Gasteiger partial charge in [-0.25, -0.2) is 0 Å². The maximum Gasteiger partial charge on any atom is 0.264 e. The number of carbonyl (C=O) groups is 1. The summed E-state index contributed by atoms with van der Waals surface area (Å²) in [5.41, 5.74) is 5.51. The van der Waals surface area contributed by atoms with Gasteiger partial charge in [-0.3, -0.25) is 4.79 Å². The highest BCUT2D eigenvalue weighted by atomic mass is 32.1. The SMILES string of the molecule is CCC(CC(N)=S)NC(=O)C1COc2ccccc2O1. The lowest BCUT2D eigenvalue weighted by Gasteiger charge is -2.27. The summed E-state index contributed by atoms with van der Waals surface area (Å²) < 4.78 is 11.2. The van der Waals surface area contributed by atoms with E-state index in [9.17, 15) is 4.79 Å². The lowest BCUT2D eigenvalue weighted by molar-refractivity contribution is -0.131. The molecule has 20 heavy (non-hydrogen) atoms. The summed E-state index contributed by atoms with van der Waals surface area (Å²) in [5.74, 6) is 1.04. The van der Waals surface area contributed by atoms with Gasteiger partial charge in [0.1, 0.15) is 6.61 Å². The third kappa shape index (κ3) is 3.60. The number of rotatable bonds is 5. The number of para-hydroxylation sites is 2. The average molecular weight is 294 g/mol. The second-order valence-electron chi connectivity index (χ2n) is 4.65. The summed E-state index contributed by atoms with van der Waals surface area (Å²) in [6, 6.07) is 7.22. The van der Waals surface area contributed by atoms with E-state index in [1.54, 1.807) is 6.07 Å². The molecule has 3 N–H and O–H groups in total. The first-order valence-corrected chi connectivity index (χ1v) is 6.98. The summed E-state index contributed by atoms with van der Waals surface area (Å²) >= 11 is 4.87. The van der Waals surface area contributed by atoms with Crippen molar-refractivity contribution in [1.29, 1.82) is 0 Å². The van der Waals surface area contributed by atoms with Crippen molar-refractivity contribution in [3.05, 3.63) is 24.3 Å². The minimum absolute atomic E-state index is 0.0687. The zero-order valence-electron chi connectivity index (χ0n) is 11.3. The van der Waals surface area contributed by atoms with Gasteiger partial charge in [-0.15, -0.1) is 0 Å². The molecule has 1 aromatic rings. The van der Waals surface area contributed by atoms with Crippen LogP contribution in [-0.4, -0.2) is 29.6 Å². The molecule has 2 unspecified atom stereocenters. The van der Waals surface area contributed by atoms with Gasteiger partial charge in [0, 0.05) is 12.5 Å². The van der Waals surface area contributed by atoms with Crippen molar-refractivity contribution in [3.63, 3.8) is 0 Å². The minimum Gasteiger partial charge on any atom is -0.485 e. The van der Waals surface area contributed by atoms with Crippen LogP contribution in [0, 0.1) is 0 Å². The molecule has 108 valence electrons. The van der Waals surface area contributed by atoms with Gasteiger partial charge in [0.2, 0.25) is 6.10 Å². The summed E-state index contributed by atoms with van der Waals surface area (Å²) in [6.45, 7) is 2.17. The number of fused-ring (bicyclic) bond motifs is 1. The quantitative estimate of drug-likeness (QED) is 0.803. The van der Waals surface area contributed by atoms with Gasteiger partial charge in [0.15, 0.2) is 11.5 Å². The number of ether oxygens (including phenoxy) is 2. The smallest absolute Gasteiger partial charge is 0.264 e. The van der Waals surface area contributed by atoms with Crippen LogP contribution in [0.2, 0.25) is 0 Å². The number of thiocarbonyl (C=S) groups is 1. The molecule has 0 saturated heterocycles. The fraction of sp³-hybridized carbons (Fsp3) is 0.429. The summed E-state index contributed by atoms with van der Waals surface area (Å²) in [5, 5.41) is 2.89. The number of hydrogen-bond donors (Lipinski definition) is 2. The van der Waals surface area contributed by atoms with Gasteiger partial charge < -0.3 is 20.5 Å².